The van der Waals surface area contributed by atoms with E-state index in [0.717, 1.165) is 28.3 Å². The van der Waals surface area contributed by atoms with Gasteiger partial charge < -0.3 is 0 Å². The van der Waals surface area contributed by atoms with Gasteiger partial charge in [0, 0.05) is 35.1 Å². The molecule has 0 saturated heterocycles. The van der Waals surface area contributed by atoms with Crippen LogP contribution in [0.2, 0.25) is 0 Å². The number of aryl methyl sites for hydroxylation is 1. The molecule has 0 fully saturated rings. The zero-order chi connectivity index (χ0) is 16.7. The maximum Gasteiger partial charge on any atom is 0.163 e. The number of hydrogen-bond acceptors (Lipinski definition) is 4. The zero-order valence-electron chi connectivity index (χ0n) is 12.6. The number of fused-ring (bicyclic) bond motifs is 1. The Morgan fingerprint density at radius 1 is 1.00 bits per heavy atom. The zero-order valence-corrected chi connectivity index (χ0v) is 12.6. The lowest BCUT2D eigenvalue weighted by atomic mass is 10.0. The third kappa shape index (κ3) is 2.21. The molecule has 3 heterocycles. The minimum absolute atomic E-state index is 0.136. The molecule has 7 heteroatoms. The molecule has 24 heavy (non-hydrogen) atoms. The van der Waals surface area contributed by atoms with Gasteiger partial charge in [0.15, 0.2) is 11.5 Å². The summed E-state index contributed by atoms with van der Waals surface area (Å²) < 4.78 is 28.6. The Bertz CT molecular complexity index is 1060. The molecule has 5 nitrogen and oxygen atoms in total. The number of rotatable bonds is 2. The molecular weight excluding hydrogens is 312 g/mol. The maximum absolute atomic E-state index is 14.1. The van der Waals surface area contributed by atoms with E-state index < -0.39 is 11.6 Å². The Hall–Kier alpha value is -3.22. The summed E-state index contributed by atoms with van der Waals surface area (Å²) in [4.78, 5) is 12.5. The van der Waals surface area contributed by atoms with E-state index >= 15 is 0 Å². The highest BCUT2D eigenvalue weighted by Gasteiger charge is 2.15. The molecule has 0 saturated carbocycles. The Labute approximate surface area is 135 Å². The fourth-order valence-corrected chi connectivity index (χ4v) is 2.65. The van der Waals surface area contributed by atoms with Crippen LogP contribution in [0.25, 0.3) is 27.8 Å². The van der Waals surface area contributed by atoms with E-state index in [-0.39, 0.29) is 5.69 Å². The Morgan fingerprint density at radius 2 is 1.88 bits per heavy atom. The van der Waals surface area contributed by atoms with Crippen LogP contribution < -0.4 is 0 Å². The Kier molecular flexibility index (Phi) is 3.26. The third-order valence-electron chi connectivity index (χ3n) is 3.81. The minimum atomic E-state index is -0.702. The topological polar surface area (TPSA) is 56.5 Å². The van der Waals surface area contributed by atoms with Crippen molar-refractivity contribution in [2.75, 3.05) is 0 Å². The fourth-order valence-electron chi connectivity index (χ4n) is 2.65. The van der Waals surface area contributed by atoms with Gasteiger partial charge in [0.05, 0.1) is 6.20 Å². The Morgan fingerprint density at radius 3 is 2.67 bits per heavy atom. The van der Waals surface area contributed by atoms with Crippen LogP contribution in [0.15, 0.2) is 49.2 Å². The maximum atomic E-state index is 14.1. The first-order chi connectivity index (χ1) is 11.6. The average molecular weight is 323 g/mol. The van der Waals surface area contributed by atoms with Crippen LogP contribution >= 0.6 is 0 Å². The van der Waals surface area contributed by atoms with E-state index in [9.17, 15) is 8.78 Å². The van der Waals surface area contributed by atoms with Crippen molar-refractivity contribution in [1.29, 1.82) is 0 Å². The van der Waals surface area contributed by atoms with Gasteiger partial charge in [0.2, 0.25) is 0 Å². The fraction of sp³-hybridized carbons (Fsp3) is 0.0588. The van der Waals surface area contributed by atoms with Crippen LogP contribution in [-0.2, 0) is 0 Å². The van der Waals surface area contributed by atoms with Crippen molar-refractivity contribution in [3.05, 3.63) is 66.5 Å². The molecule has 0 aliphatic heterocycles. The van der Waals surface area contributed by atoms with Crippen LogP contribution in [0.5, 0.6) is 0 Å². The molecule has 0 aliphatic carbocycles. The van der Waals surface area contributed by atoms with Crippen LogP contribution in [0.3, 0.4) is 0 Å². The summed E-state index contributed by atoms with van der Waals surface area (Å²) in [5, 5.41) is 4.96. The van der Waals surface area contributed by atoms with Crippen molar-refractivity contribution in [3.63, 3.8) is 0 Å². The van der Waals surface area contributed by atoms with Crippen LogP contribution in [-0.4, -0.2) is 24.7 Å². The minimum Gasteiger partial charge on any atom is -0.244 e. The van der Waals surface area contributed by atoms with E-state index in [1.165, 1.54) is 23.1 Å². The first kappa shape index (κ1) is 14.4. The van der Waals surface area contributed by atoms with Crippen LogP contribution in [0.1, 0.15) is 5.69 Å². The average Bonchev–Trinajstić information content (AvgIpc) is 2.99. The van der Waals surface area contributed by atoms with Crippen molar-refractivity contribution in [1.82, 2.24) is 24.7 Å². The van der Waals surface area contributed by atoms with E-state index in [4.69, 9.17) is 0 Å². The number of benzene rings is 1. The molecule has 4 aromatic rings. The highest BCUT2D eigenvalue weighted by Crippen LogP contribution is 2.29. The molecule has 0 radical (unpaired) electrons. The summed E-state index contributed by atoms with van der Waals surface area (Å²) in [6.07, 6.45) is 6.41. The first-order valence-electron chi connectivity index (χ1n) is 7.20. The second-order valence-corrected chi connectivity index (χ2v) is 5.27. The third-order valence-corrected chi connectivity index (χ3v) is 3.81. The van der Waals surface area contributed by atoms with Crippen LogP contribution in [0, 0.1) is 18.6 Å². The van der Waals surface area contributed by atoms with E-state index in [2.05, 4.69) is 20.1 Å². The molecule has 1 aromatic carbocycles. The van der Waals surface area contributed by atoms with Gasteiger partial charge in [-0.3, -0.25) is 0 Å². The normalized spacial score (nSPS) is 11.1. The molecular formula is C17H11F2N5. The van der Waals surface area contributed by atoms with Gasteiger partial charge in [-0.15, -0.1) is 0 Å². The first-order valence-corrected chi connectivity index (χ1v) is 7.20. The molecule has 3 aromatic heterocycles. The molecule has 0 spiro atoms. The summed E-state index contributed by atoms with van der Waals surface area (Å²) in [7, 11) is 0. The number of halogens is 2. The lowest BCUT2D eigenvalue weighted by molar-refractivity contribution is 0.574. The second kappa shape index (κ2) is 5.45. The van der Waals surface area contributed by atoms with Gasteiger partial charge in [0.1, 0.15) is 17.8 Å². The summed E-state index contributed by atoms with van der Waals surface area (Å²) in [5.74, 6) is -1.34. The quantitative estimate of drug-likeness (QED) is 0.567. The Balaban J connectivity index is 1.96. The lowest BCUT2D eigenvalue weighted by Gasteiger charge is -2.07. The number of aromatic nitrogens is 5. The molecule has 0 aliphatic rings. The van der Waals surface area contributed by atoms with Crippen molar-refractivity contribution < 1.29 is 8.78 Å². The number of nitrogens with zero attached hydrogens (tertiary/aromatic N) is 5. The highest BCUT2D eigenvalue weighted by molar-refractivity contribution is 5.93. The molecule has 4 rings (SSSR count). The molecule has 0 unspecified atom stereocenters. The molecule has 118 valence electrons. The van der Waals surface area contributed by atoms with Gasteiger partial charge in [-0.05, 0) is 30.7 Å². The number of pyridine rings is 1. The predicted octanol–water partition coefficient (Wildman–Crippen LogP) is 3.46. The van der Waals surface area contributed by atoms with Crippen molar-refractivity contribution in [2.45, 2.75) is 6.92 Å². The summed E-state index contributed by atoms with van der Waals surface area (Å²) in [5.41, 5.74) is 3.13. The standard InChI is InChI=1S/C17H11F2N5/c1-10-13(7-20-9-22-10)12-4-5-21-17-14(12)8-23-24(17)16-3-2-11(18)6-15(16)19/h2-9H,1H3. The predicted molar refractivity (Wildman–Crippen MR) is 84.5 cm³/mol. The van der Waals surface area contributed by atoms with Gasteiger partial charge in [-0.1, -0.05) is 0 Å². The van der Waals surface area contributed by atoms with Gasteiger partial charge >= 0.3 is 0 Å². The smallest absolute Gasteiger partial charge is 0.163 e. The van der Waals surface area contributed by atoms with E-state index in [1.54, 1.807) is 18.6 Å². The lowest BCUT2D eigenvalue weighted by Crippen LogP contribution is -2.01. The van der Waals surface area contributed by atoms with Crippen molar-refractivity contribution >= 4 is 11.0 Å². The molecule has 0 atom stereocenters. The molecule has 0 bridgehead atoms. The largest absolute Gasteiger partial charge is 0.244 e. The second-order valence-electron chi connectivity index (χ2n) is 5.27. The molecule has 0 amide bonds. The highest BCUT2D eigenvalue weighted by atomic mass is 19.1. The summed E-state index contributed by atoms with van der Waals surface area (Å²) >= 11 is 0. The van der Waals surface area contributed by atoms with Crippen molar-refractivity contribution in [2.24, 2.45) is 0 Å². The van der Waals surface area contributed by atoms with E-state index in [1.807, 2.05) is 13.0 Å². The van der Waals surface area contributed by atoms with Gasteiger partial charge in [-0.2, -0.15) is 5.10 Å². The van der Waals surface area contributed by atoms with Gasteiger partial charge in [-0.25, -0.2) is 28.4 Å². The van der Waals surface area contributed by atoms with Crippen molar-refractivity contribution in [3.8, 4) is 16.8 Å². The SMILES string of the molecule is Cc1ncncc1-c1ccnc2c1cnn2-c1ccc(F)cc1F. The van der Waals surface area contributed by atoms with E-state index in [0.29, 0.717) is 5.65 Å². The monoisotopic (exact) mass is 323 g/mol. The molecule has 0 N–H and O–H groups in total. The summed E-state index contributed by atoms with van der Waals surface area (Å²) in [6, 6.07) is 5.18. The van der Waals surface area contributed by atoms with Gasteiger partial charge in [0.25, 0.3) is 0 Å². The summed E-state index contributed by atoms with van der Waals surface area (Å²) in [6.45, 7) is 1.88. The number of hydrogen-bond donors (Lipinski definition) is 0. The van der Waals surface area contributed by atoms with Crippen LogP contribution in [0.4, 0.5) is 8.78 Å².